The number of nitrogens with one attached hydrogen (secondary N) is 1. The van der Waals surface area contributed by atoms with E-state index in [1.165, 1.54) is 11.3 Å². The monoisotopic (exact) mass is 294 g/mol. The van der Waals surface area contributed by atoms with Crippen LogP contribution in [0.1, 0.15) is 12.8 Å². The number of aromatic nitrogens is 2. The molecule has 0 fully saturated rings. The van der Waals surface area contributed by atoms with Crippen molar-refractivity contribution in [1.29, 1.82) is 0 Å². The van der Waals surface area contributed by atoms with E-state index < -0.39 is 0 Å². The molecule has 1 heterocycles. The molecule has 0 atom stereocenters. The van der Waals surface area contributed by atoms with Gasteiger partial charge in [0.2, 0.25) is 5.91 Å². The molecule has 1 amide bonds. The van der Waals surface area contributed by atoms with Crippen LogP contribution in [0.2, 0.25) is 0 Å². The molecule has 0 bridgehead atoms. The summed E-state index contributed by atoms with van der Waals surface area (Å²) >= 11 is 3.13. The molecular formula is C12H14N4OS2. The number of para-hydroxylation sites is 2. The van der Waals surface area contributed by atoms with Crippen molar-refractivity contribution in [3.63, 3.8) is 0 Å². The van der Waals surface area contributed by atoms with Crippen molar-refractivity contribution in [2.24, 2.45) is 0 Å². The van der Waals surface area contributed by atoms with Crippen molar-refractivity contribution in [1.82, 2.24) is 10.2 Å². The van der Waals surface area contributed by atoms with Crippen molar-refractivity contribution in [2.45, 2.75) is 17.2 Å². The first-order valence-electron chi connectivity index (χ1n) is 5.79. The van der Waals surface area contributed by atoms with E-state index in [4.69, 9.17) is 5.73 Å². The predicted octanol–water partition coefficient (Wildman–Crippen LogP) is 2.63. The number of benzene rings is 1. The minimum atomic E-state index is -0.0178. The lowest BCUT2D eigenvalue weighted by Crippen LogP contribution is -2.12. The van der Waals surface area contributed by atoms with Crippen LogP contribution in [0, 0.1) is 0 Å². The molecule has 0 spiro atoms. The van der Waals surface area contributed by atoms with Gasteiger partial charge in [0.25, 0.3) is 0 Å². The first-order chi connectivity index (χ1) is 9.25. The van der Waals surface area contributed by atoms with E-state index in [-0.39, 0.29) is 5.91 Å². The fourth-order valence-corrected chi connectivity index (χ4v) is 2.94. The minimum absolute atomic E-state index is 0.0178. The summed E-state index contributed by atoms with van der Waals surface area (Å²) in [5.74, 6) is 0.836. The van der Waals surface area contributed by atoms with Crippen LogP contribution in [-0.4, -0.2) is 21.9 Å². The first kappa shape index (κ1) is 13.8. The van der Waals surface area contributed by atoms with E-state index in [2.05, 4.69) is 15.5 Å². The molecule has 0 unspecified atom stereocenters. The standard InChI is InChI=1S/C12H14N4OS2/c13-9-4-1-2-5-10(9)15-11(17)6-3-7-18-12-16-14-8-19-12/h1-2,4-5,8H,3,6-7,13H2,(H,15,17). The van der Waals surface area contributed by atoms with Gasteiger partial charge in [-0.25, -0.2) is 0 Å². The summed E-state index contributed by atoms with van der Waals surface area (Å²) in [7, 11) is 0. The Balaban J connectivity index is 1.69. The van der Waals surface area contributed by atoms with Crippen LogP contribution >= 0.6 is 23.1 Å². The summed E-state index contributed by atoms with van der Waals surface area (Å²) < 4.78 is 0.938. The number of nitrogens with two attached hydrogens (primary N) is 1. The van der Waals surface area contributed by atoms with Crippen LogP contribution in [0.25, 0.3) is 0 Å². The largest absolute Gasteiger partial charge is 0.397 e. The molecule has 0 aliphatic heterocycles. The second kappa shape index (κ2) is 7.10. The van der Waals surface area contributed by atoms with Crippen molar-refractivity contribution < 1.29 is 4.79 Å². The van der Waals surface area contributed by atoms with Crippen molar-refractivity contribution in [2.75, 3.05) is 16.8 Å². The molecule has 3 N–H and O–H groups in total. The molecule has 7 heteroatoms. The summed E-state index contributed by atoms with van der Waals surface area (Å²) in [6.07, 6.45) is 1.27. The number of carbonyl (C=O) groups excluding carboxylic acids is 1. The van der Waals surface area contributed by atoms with Crippen LogP contribution in [0.5, 0.6) is 0 Å². The Kier molecular flexibility index (Phi) is 5.17. The normalized spacial score (nSPS) is 10.3. The Hall–Kier alpha value is -1.60. The summed E-state index contributed by atoms with van der Waals surface area (Å²) in [5, 5.41) is 10.5. The molecule has 0 aliphatic rings. The van der Waals surface area contributed by atoms with Gasteiger partial charge < -0.3 is 11.1 Å². The molecule has 19 heavy (non-hydrogen) atoms. The Morgan fingerprint density at radius 1 is 1.42 bits per heavy atom. The maximum Gasteiger partial charge on any atom is 0.224 e. The fraction of sp³-hybridized carbons (Fsp3) is 0.250. The van der Waals surface area contributed by atoms with Gasteiger partial charge in [0, 0.05) is 12.2 Å². The third kappa shape index (κ3) is 4.53. The zero-order chi connectivity index (χ0) is 13.5. The number of rotatable bonds is 6. The molecule has 0 saturated carbocycles. The molecule has 5 nitrogen and oxygen atoms in total. The maximum absolute atomic E-state index is 11.7. The van der Waals surface area contributed by atoms with Gasteiger partial charge >= 0.3 is 0 Å². The average Bonchev–Trinajstić information content (AvgIpc) is 2.91. The highest BCUT2D eigenvalue weighted by Crippen LogP contribution is 2.21. The van der Waals surface area contributed by atoms with E-state index >= 15 is 0 Å². The average molecular weight is 294 g/mol. The van der Waals surface area contributed by atoms with E-state index in [0.717, 1.165) is 16.5 Å². The summed E-state index contributed by atoms with van der Waals surface area (Å²) in [4.78, 5) is 11.7. The molecular weight excluding hydrogens is 280 g/mol. The van der Waals surface area contributed by atoms with Gasteiger partial charge in [-0.1, -0.05) is 35.2 Å². The summed E-state index contributed by atoms with van der Waals surface area (Å²) in [6.45, 7) is 0. The van der Waals surface area contributed by atoms with Crippen molar-refractivity contribution in [3.05, 3.63) is 29.8 Å². The van der Waals surface area contributed by atoms with Crippen LogP contribution in [-0.2, 0) is 4.79 Å². The topological polar surface area (TPSA) is 80.9 Å². The highest BCUT2D eigenvalue weighted by molar-refractivity contribution is 8.00. The van der Waals surface area contributed by atoms with Gasteiger partial charge in [-0.3, -0.25) is 4.79 Å². The first-order valence-corrected chi connectivity index (χ1v) is 7.65. The second-order valence-electron chi connectivity index (χ2n) is 3.79. The zero-order valence-corrected chi connectivity index (χ0v) is 11.8. The molecule has 0 saturated heterocycles. The van der Waals surface area contributed by atoms with E-state index in [0.29, 0.717) is 17.8 Å². The number of nitrogens with zero attached hydrogens (tertiary/aromatic N) is 2. The Labute approximate surface area is 119 Å². The van der Waals surface area contributed by atoms with Gasteiger partial charge in [0.15, 0.2) is 4.34 Å². The smallest absolute Gasteiger partial charge is 0.224 e. The summed E-state index contributed by atoms with van der Waals surface area (Å²) in [6, 6.07) is 7.24. The maximum atomic E-state index is 11.7. The lowest BCUT2D eigenvalue weighted by atomic mass is 10.2. The Bertz CT molecular complexity index is 530. The van der Waals surface area contributed by atoms with Gasteiger partial charge in [-0.2, -0.15) is 0 Å². The van der Waals surface area contributed by atoms with E-state index in [9.17, 15) is 4.79 Å². The number of thioether (sulfide) groups is 1. The third-order valence-corrected chi connectivity index (χ3v) is 4.30. The number of hydrogen-bond donors (Lipinski definition) is 2. The Morgan fingerprint density at radius 2 is 2.26 bits per heavy atom. The van der Waals surface area contributed by atoms with Crippen molar-refractivity contribution in [3.8, 4) is 0 Å². The number of hydrogen-bond acceptors (Lipinski definition) is 6. The number of amides is 1. The van der Waals surface area contributed by atoms with Crippen LogP contribution < -0.4 is 11.1 Å². The second-order valence-corrected chi connectivity index (χ2v) is 5.97. The van der Waals surface area contributed by atoms with Gasteiger partial charge in [0.05, 0.1) is 11.4 Å². The molecule has 100 valence electrons. The molecule has 2 aromatic rings. The van der Waals surface area contributed by atoms with E-state index in [1.807, 2.05) is 12.1 Å². The predicted molar refractivity (Wildman–Crippen MR) is 79.4 cm³/mol. The fourth-order valence-electron chi connectivity index (χ4n) is 1.44. The lowest BCUT2D eigenvalue weighted by molar-refractivity contribution is -0.116. The molecule has 2 rings (SSSR count). The minimum Gasteiger partial charge on any atom is -0.397 e. The Morgan fingerprint density at radius 3 is 3.00 bits per heavy atom. The van der Waals surface area contributed by atoms with Crippen LogP contribution in [0.4, 0.5) is 11.4 Å². The molecule has 0 aliphatic carbocycles. The number of anilines is 2. The highest BCUT2D eigenvalue weighted by atomic mass is 32.2. The molecule has 0 radical (unpaired) electrons. The van der Waals surface area contributed by atoms with Crippen molar-refractivity contribution >= 4 is 40.4 Å². The third-order valence-electron chi connectivity index (χ3n) is 2.35. The SMILES string of the molecule is Nc1ccccc1NC(=O)CCCSc1nncs1. The number of nitrogen functional groups attached to an aromatic ring is 1. The van der Waals surface area contributed by atoms with Gasteiger partial charge in [-0.15, -0.1) is 10.2 Å². The van der Waals surface area contributed by atoms with Crippen LogP contribution in [0.15, 0.2) is 34.1 Å². The quantitative estimate of drug-likeness (QED) is 0.486. The van der Waals surface area contributed by atoms with Crippen LogP contribution in [0.3, 0.4) is 0 Å². The van der Waals surface area contributed by atoms with Gasteiger partial charge in [-0.05, 0) is 18.6 Å². The van der Waals surface area contributed by atoms with Gasteiger partial charge in [0.1, 0.15) is 5.51 Å². The highest BCUT2D eigenvalue weighted by Gasteiger charge is 2.05. The molecule has 1 aromatic heterocycles. The van der Waals surface area contributed by atoms with E-state index in [1.54, 1.807) is 29.4 Å². The number of carbonyl (C=O) groups is 1. The molecule has 1 aromatic carbocycles. The summed E-state index contributed by atoms with van der Waals surface area (Å²) in [5.41, 5.74) is 8.71. The zero-order valence-electron chi connectivity index (χ0n) is 10.2. The lowest BCUT2D eigenvalue weighted by Gasteiger charge is -2.07.